The SMILES string of the molecule is COC.Cc1ccnc(-c2cn[nH]c2C=O)n1. The first-order chi connectivity index (χ1) is 8.22. The van der Waals surface area contributed by atoms with E-state index in [1.165, 1.54) is 0 Å². The topological polar surface area (TPSA) is 80.8 Å². The maximum atomic E-state index is 10.6. The number of carbonyl (C=O) groups excluding carboxylic acids is 1. The fourth-order valence-corrected chi connectivity index (χ4v) is 1.14. The number of rotatable bonds is 2. The van der Waals surface area contributed by atoms with Gasteiger partial charge in [-0.3, -0.25) is 9.89 Å². The summed E-state index contributed by atoms with van der Waals surface area (Å²) in [7, 11) is 3.25. The maximum absolute atomic E-state index is 10.6. The third-order valence-electron chi connectivity index (χ3n) is 1.82. The van der Waals surface area contributed by atoms with Crippen molar-refractivity contribution in [3.05, 3.63) is 29.8 Å². The number of aldehydes is 1. The molecule has 17 heavy (non-hydrogen) atoms. The minimum Gasteiger partial charge on any atom is -0.388 e. The zero-order chi connectivity index (χ0) is 12.7. The van der Waals surface area contributed by atoms with E-state index in [0.29, 0.717) is 23.4 Å². The molecule has 0 atom stereocenters. The van der Waals surface area contributed by atoms with Crippen LogP contribution in [0.1, 0.15) is 16.2 Å². The summed E-state index contributed by atoms with van der Waals surface area (Å²) in [6, 6.07) is 1.80. The van der Waals surface area contributed by atoms with Gasteiger partial charge in [-0.25, -0.2) is 9.97 Å². The van der Waals surface area contributed by atoms with Crippen LogP contribution in [-0.2, 0) is 4.74 Å². The van der Waals surface area contributed by atoms with E-state index in [-0.39, 0.29) is 0 Å². The fraction of sp³-hybridized carbons (Fsp3) is 0.273. The Kier molecular flexibility index (Phi) is 4.96. The number of methoxy groups -OCH3 is 1. The highest BCUT2D eigenvalue weighted by atomic mass is 16.4. The summed E-state index contributed by atoms with van der Waals surface area (Å²) in [4.78, 5) is 18.9. The van der Waals surface area contributed by atoms with Crippen LogP contribution < -0.4 is 0 Å². The van der Waals surface area contributed by atoms with Crippen LogP contribution in [-0.4, -0.2) is 40.7 Å². The molecule has 2 aromatic rings. The molecular weight excluding hydrogens is 220 g/mol. The molecule has 0 spiro atoms. The quantitative estimate of drug-likeness (QED) is 0.791. The first-order valence-electron chi connectivity index (χ1n) is 4.91. The van der Waals surface area contributed by atoms with Crippen LogP contribution in [0.3, 0.4) is 0 Å². The third-order valence-corrected chi connectivity index (χ3v) is 1.82. The highest BCUT2D eigenvalue weighted by molar-refractivity contribution is 5.82. The van der Waals surface area contributed by atoms with Crippen molar-refractivity contribution in [1.82, 2.24) is 20.2 Å². The number of H-pyrrole nitrogens is 1. The van der Waals surface area contributed by atoms with Gasteiger partial charge in [0.05, 0.1) is 11.8 Å². The molecule has 2 rings (SSSR count). The molecule has 90 valence electrons. The van der Waals surface area contributed by atoms with E-state index in [1.807, 2.05) is 6.92 Å². The first kappa shape index (κ1) is 13.0. The lowest BCUT2D eigenvalue weighted by molar-refractivity contribution is 0.111. The van der Waals surface area contributed by atoms with Crippen molar-refractivity contribution >= 4 is 6.29 Å². The average molecular weight is 234 g/mol. The molecule has 6 nitrogen and oxygen atoms in total. The zero-order valence-electron chi connectivity index (χ0n) is 9.97. The van der Waals surface area contributed by atoms with Crippen molar-refractivity contribution in [3.8, 4) is 11.4 Å². The van der Waals surface area contributed by atoms with Crippen molar-refractivity contribution in [1.29, 1.82) is 0 Å². The summed E-state index contributed by atoms with van der Waals surface area (Å²) in [5.41, 5.74) is 1.88. The van der Waals surface area contributed by atoms with Crippen molar-refractivity contribution < 1.29 is 9.53 Å². The Hall–Kier alpha value is -2.08. The molecular formula is C11H14N4O2. The number of carbonyl (C=O) groups is 1. The van der Waals surface area contributed by atoms with E-state index in [4.69, 9.17) is 0 Å². The van der Waals surface area contributed by atoms with Gasteiger partial charge in [-0.1, -0.05) is 0 Å². The van der Waals surface area contributed by atoms with Gasteiger partial charge < -0.3 is 4.74 Å². The zero-order valence-corrected chi connectivity index (χ0v) is 9.97. The van der Waals surface area contributed by atoms with E-state index in [2.05, 4.69) is 24.9 Å². The molecule has 0 radical (unpaired) electrons. The average Bonchev–Trinajstić information content (AvgIpc) is 2.78. The van der Waals surface area contributed by atoms with Crippen molar-refractivity contribution in [2.75, 3.05) is 14.2 Å². The Morgan fingerprint density at radius 2 is 2.12 bits per heavy atom. The molecule has 0 aliphatic heterocycles. The normalized spacial score (nSPS) is 9.35. The van der Waals surface area contributed by atoms with Crippen LogP contribution in [0.25, 0.3) is 11.4 Å². The Morgan fingerprint density at radius 1 is 1.41 bits per heavy atom. The minimum atomic E-state index is 0.399. The Bertz CT molecular complexity index is 482. The van der Waals surface area contributed by atoms with Gasteiger partial charge in [0.1, 0.15) is 5.69 Å². The van der Waals surface area contributed by atoms with Gasteiger partial charge in [0.2, 0.25) is 0 Å². The van der Waals surface area contributed by atoms with Crippen LogP contribution in [0.15, 0.2) is 18.5 Å². The van der Waals surface area contributed by atoms with Crippen molar-refractivity contribution in [2.24, 2.45) is 0 Å². The molecule has 2 aromatic heterocycles. The predicted octanol–water partition coefficient (Wildman–Crippen LogP) is 1.25. The van der Waals surface area contributed by atoms with E-state index in [9.17, 15) is 4.79 Å². The molecule has 0 aliphatic rings. The van der Waals surface area contributed by atoms with Crippen molar-refractivity contribution in [3.63, 3.8) is 0 Å². The Balaban J connectivity index is 0.000000437. The molecule has 0 saturated heterocycles. The summed E-state index contributed by atoms with van der Waals surface area (Å²) in [5.74, 6) is 0.515. The van der Waals surface area contributed by atoms with Crippen LogP contribution in [0.2, 0.25) is 0 Å². The predicted molar refractivity (Wildman–Crippen MR) is 62.7 cm³/mol. The van der Waals surface area contributed by atoms with Crippen LogP contribution in [0, 0.1) is 6.92 Å². The second kappa shape index (κ2) is 6.49. The summed E-state index contributed by atoms with van der Waals surface area (Å²) < 4.78 is 4.25. The second-order valence-electron chi connectivity index (χ2n) is 3.25. The number of aromatic nitrogens is 4. The summed E-state index contributed by atoms with van der Waals surface area (Å²) in [5, 5.41) is 6.34. The molecule has 0 unspecified atom stereocenters. The van der Waals surface area contributed by atoms with E-state index in [0.717, 1.165) is 5.69 Å². The lowest BCUT2D eigenvalue weighted by Crippen LogP contribution is -1.92. The molecule has 2 heterocycles. The number of aromatic amines is 1. The van der Waals surface area contributed by atoms with Gasteiger partial charge >= 0.3 is 0 Å². The highest BCUT2D eigenvalue weighted by Crippen LogP contribution is 2.15. The van der Waals surface area contributed by atoms with Crippen molar-refractivity contribution in [2.45, 2.75) is 6.92 Å². The van der Waals surface area contributed by atoms with Crippen LogP contribution >= 0.6 is 0 Å². The molecule has 0 bridgehead atoms. The Morgan fingerprint density at radius 3 is 2.71 bits per heavy atom. The summed E-state index contributed by atoms with van der Waals surface area (Å²) in [6.07, 6.45) is 3.89. The third kappa shape index (κ3) is 3.46. The smallest absolute Gasteiger partial charge is 0.168 e. The van der Waals surface area contributed by atoms with Gasteiger partial charge in [0.25, 0.3) is 0 Å². The fourth-order valence-electron chi connectivity index (χ4n) is 1.14. The monoisotopic (exact) mass is 234 g/mol. The van der Waals surface area contributed by atoms with Crippen LogP contribution in [0.5, 0.6) is 0 Å². The lowest BCUT2D eigenvalue weighted by atomic mass is 10.2. The lowest BCUT2D eigenvalue weighted by Gasteiger charge is -1.97. The maximum Gasteiger partial charge on any atom is 0.168 e. The second-order valence-corrected chi connectivity index (χ2v) is 3.25. The number of ether oxygens (including phenoxy) is 1. The number of nitrogens with one attached hydrogen (secondary N) is 1. The molecule has 0 aliphatic carbocycles. The number of hydrogen-bond donors (Lipinski definition) is 1. The molecule has 0 aromatic carbocycles. The largest absolute Gasteiger partial charge is 0.388 e. The van der Waals surface area contributed by atoms with E-state index >= 15 is 0 Å². The minimum absolute atomic E-state index is 0.399. The van der Waals surface area contributed by atoms with E-state index in [1.54, 1.807) is 32.7 Å². The molecule has 6 heteroatoms. The number of aryl methyl sites for hydroxylation is 1. The Labute approximate surface area is 99.1 Å². The van der Waals surface area contributed by atoms with E-state index < -0.39 is 0 Å². The number of nitrogens with zero attached hydrogens (tertiary/aromatic N) is 3. The van der Waals surface area contributed by atoms with Gasteiger partial charge in [-0.2, -0.15) is 5.10 Å². The molecule has 0 amide bonds. The van der Waals surface area contributed by atoms with Gasteiger partial charge in [-0.05, 0) is 13.0 Å². The standard InChI is InChI=1S/C9H8N4O.C2H6O/c1-6-2-3-10-9(12-6)7-4-11-13-8(7)5-14;1-3-2/h2-5H,1H3,(H,11,13);1-2H3. The van der Waals surface area contributed by atoms with Crippen LogP contribution in [0.4, 0.5) is 0 Å². The summed E-state index contributed by atoms with van der Waals surface area (Å²) in [6.45, 7) is 1.87. The number of hydrogen-bond acceptors (Lipinski definition) is 5. The molecule has 0 fully saturated rings. The van der Waals surface area contributed by atoms with Gasteiger partial charge in [0.15, 0.2) is 12.1 Å². The summed E-state index contributed by atoms with van der Waals surface area (Å²) >= 11 is 0. The highest BCUT2D eigenvalue weighted by Gasteiger charge is 2.08. The van der Waals surface area contributed by atoms with Gasteiger partial charge in [0, 0.05) is 26.1 Å². The molecule has 1 N–H and O–H groups in total. The molecule has 0 saturated carbocycles. The first-order valence-corrected chi connectivity index (χ1v) is 4.91. The van der Waals surface area contributed by atoms with Gasteiger partial charge in [-0.15, -0.1) is 0 Å².